The van der Waals surface area contributed by atoms with Gasteiger partial charge in [0.25, 0.3) is 5.69 Å². The summed E-state index contributed by atoms with van der Waals surface area (Å²) in [5.74, 6) is -0.666. The van der Waals surface area contributed by atoms with Crippen LogP contribution in [0.3, 0.4) is 0 Å². The molecule has 0 fully saturated rings. The summed E-state index contributed by atoms with van der Waals surface area (Å²) in [6.07, 6.45) is 3.16. The third-order valence-electron chi connectivity index (χ3n) is 2.56. The average Bonchev–Trinajstić information content (AvgIpc) is 2.46. The van der Waals surface area contributed by atoms with Crippen molar-refractivity contribution in [2.75, 3.05) is 7.11 Å². The highest BCUT2D eigenvalue weighted by Gasteiger charge is 2.18. The summed E-state index contributed by atoms with van der Waals surface area (Å²) in [5.41, 5.74) is 0.333. The number of hydrogen-bond donors (Lipinski definition) is 1. The molecule has 5 nitrogen and oxygen atoms in total. The molecular formula is C13H10FN3O2. The Morgan fingerprint density at radius 1 is 1.42 bits per heavy atom. The van der Waals surface area contributed by atoms with Gasteiger partial charge in [0, 0.05) is 12.4 Å². The molecule has 1 heterocycles. The maximum absolute atomic E-state index is 13.7. The van der Waals surface area contributed by atoms with Crippen LogP contribution in [0.15, 0.2) is 30.7 Å². The van der Waals surface area contributed by atoms with Gasteiger partial charge < -0.3 is 9.84 Å². The maximum atomic E-state index is 13.7. The maximum Gasteiger partial charge on any atom is 0.262 e. The van der Waals surface area contributed by atoms with Gasteiger partial charge in [-0.3, -0.25) is 9.97 Å². The summed E-state index contributed by atoms with van der Waals surface area (Å²) in [7, 11) is 1.34. The monoisotopic (exact) mass is 259 g/mol. The normalized spacial score (nSPS) is 11.7. The molecule has 0 spiro atoms. The summed E-state index contributed by atoms with van der Waals surface area (Å²) in [6.45, 7) is 6.89. The Balaban J connectivity index is 2.47. The van der Waals surface area contributed by atoms with Crippen LogP contribution in [0, 0.1) is 12.4 Å². The van der Waals surface area contributed by atoms with E-state index in [1.54, 1.807) is 0 Å². The first kappa shape index (κ1) is 12.9. The zero-order chi connectivity index (χ0) is 13.8. The average molecular weight is 259 g/mol. The molecule has 0 saturated carbocycles. The Morgan fingerprint density at radius 3 is 2.79 bits per heavy atom. The number of aliphatic hydroxyl groups is 1. The van der Waals surface area contributed by atoms with Crippen molar-refractivity contribution in [3.8, 4) is 5.75 Å². The third-order valence-corrected chi connectivity index (χ3v) is 2.56. The molecule has 0 aliphatic carbocycles. The largest absolute Gasteiger partial charge is 0.508 e. The molecule has 1 N–H and O–H groups in total. The molecule has 0 aliphatic heterocycles. The number of hydrogen-bond acceptors (Lipinski definition) is 4. The minimum absolute atomic E-state index is 0.0768. The fraction of sp³-hybridized carbons (Fsp3) is 0.154. The molecule has 0 radical (unpaired) electrons. The number of rotatable bonds is 3. The van der Waals surface area contributed by atoms with E-state index in [4.69, 9.17) is 11.3 Å². The van der Waals surface area contributed by atoms with Crippen molar-refractivity contribution >= 4 is 5.69 Å². The molecule has 0 aliphatic rings. The van der Waals surface area contributed by atoms with Crippen LogP contribution in [0.25, 0.3) is 4.85 Å². The van der Waals surface area contributed by atoms with Gasteiger partial charge in [-0.2, -0.15) is 0 Å². The number of aliphatic hydroxyl groups excluding tert-OH is 1. The van der Waals surface area contributed by atoms with E-state index in [1.807, 2.05) is 0 Å². The summed E-state index contributed by atoms with van der Waals surface area (Å²) in [6, 6.07) is 2.50. The van der Waals surface area contributed by atoms with Gasteiger partial charge in [-0.1, -0.05) is 0 Å². The molecule has 19 heavy (non-hydrogen) atoms. The summed E-state index contributed by atoms with van der Waals surface area (Å²) >= 11 is 0. The van der Waals surface area contributed by atoms with Crippen molar-refractivity contribution in [1.82, 2.24) is 9.97 Å². The number of nitrogens with zero attached hydrogens (tertiary/aromatic N) is 3. The zero-order valence-electron chi connectivity index (χ0n) is 10.0. The molecule has 6 heteroatoms. The molecule has 2 aromatic rings. The Bertz CT molecular complexity index is 626. The smallest absolute Gasteiger partial charge is 0.262 e. The number of ether oxygens (including phenoxy) is 1. The Kier molecular flexibility index (Phi) is 3.68. The van der Waals surface area contributed by atoms with Gasteiger partial charge in [-0.15, -0.1) is 0 Å². The lowest BCUT2D eigenvalue weighted by Gasteiger charge is -2.12. The van der Waals surface area contributed by atoms with Gasteiger partial charge in [0.2, 0.25) is 0 Å². The molecular weight excluding hydrogens is 249 g/mol. The first-order chi connectivity index (χ1) is 9.17. The first-order valence-corrected chi connectivity index (χ1v) is 5.36. The summed E-state index contributed by atoms with van der Waals surface area (Å²) in [5, 5.41) is 10.1. The Labute approximate surface area is 109 Å². The van der Waals surface area contributed by atoms with Crippen LogP contribution in [-0.2, 0) is 0 Å². The van der Waals surface area contributed by atoms with Gasteiger partial charge in [0.05, 0.1) is 25.6 Å². The topological polar surface area (TPSA) is 59.6 Å². The lowest BCUT2D eigenvalue weighted by Crippen LogP contribution is -2.03. The second-order valence-corrected chi connectivity index (χ2v) is 3.70. The van der Waals surface area contributed by atoms with Gasteiger partial charge in [0.1, 0.15) is 17.7 Å². The van der Waals surface area contributed by atoms with Crippen LogP contribution in [-0.4, -0.2) is 22.2 Å². The molecule has 96 valence electrons. The van der Waals surface area contributed by atoms with E-state index in [-0.39, 0.29) is 17.0 Å². The fourth-order valence-corrected chi connectivity index (χ4v) is 1.64. The van der Waals surface area contributed by atoms with Crippen molar-refractivity contribution in [1.29, 1.82) is 0 Å². The predicted octanol–water partition coefficient (Wildman–Crippen LogP) is 2.26. The van der Waals surface area contributed by atoms with Gasteiger partial charge in [0.15, 0.2) is 0 Å². The van der Waals surface area contributed by atoms with Crippen LogP contribution < -0.4 is 4.74 Å². The standard InChI is InChI=1S/C13H10FN3O2/c1-15-12-9(14)5-8(6-11(12)19-2)13(18)10-7-16-3-4-17-10/h3-7,13,18H,2H3. The second-order valence-electron chi connectivity index (χ2n) is 3.70. The number of methoxy groups -OCH3 is 1. The number of benzene rings is 1. The molecule has 0 saturated heterocycles. The van der Waals surface area contributed by atoms with E-state index in [0.29, 0.717) is 5.69 Å². The van der Waals surface area contributed by atoms with Crippen molar-refractivity contribution in [3.63, 3.8) is 0 Å². The minimum Gasteiger partial charge on any atom is -0.508 e. The van der Waals surface area contributed by atoms with Crippen LogP contribution in [0.4, 0.5) is 10.1 Å². The highest BCUT2D eigenvalue weighted by Crippen LogP contribution is 2.34. The third kappa shape index (κ3) is 2.51. The van der Waals surface area contributed by atoms with Gasteiger partial charge in [-0.25, -0.2) is 9.24 Å². The number of halogens is 1. The van der Waals surface area contributed by atoms with E-state index < -0.39 is 11.9 Å². The molecule has 2 rings (SSSR count). The van der Waals surface area contributed by atoms with E-state index in [2.05, 4.69) is 14.8 Å². The molecule has 0 bridgehead atoms. The SMILES string of the molecule is [C-]#[N+]c1c(F)cc(C(O)c2cnccn2)cc1OC. The highest BCUT2D eigenvalue weighted by molar-refractivity contribution is 5.60. The number of aromatic nitrogens is 2. The Hall–Kier alpha value is -2.52. The predicted molar refractivity (Wildman–Crippen MR) is 65.3 cm³/mol. The van der Waals surface area contributed by atoms with Crippen LogP contribution in [0.1, 0.15) is 17.4 Å². The molecule has 1 unspecified atom stereocenters. The lowest BCUT2D eigenvalue weighted by atomic mass is 10.1. The lowest BCUT2D eigenvalue weighted by molar-refractivity contribution is 0.214. The first-order valence-electron chi connectivity index (χ1n) is 5.36. The summed E-state index contributed by atoms with van der Waals surface area (Å²) in [4.78, 5) is 10.8. The molecule has 1 aromatic heterocycles. The summed E-state index contributed by atoms with van der Waals surface area (Å²) < 4.78 is 18.7. The van der Waals surface area contributed by atoms with E-state index in [1.165, 1.54) is 31.8 Å². The van der Waals surface area contributed by atoms with Gasteiger partial charge >= 0.3 is 0 Å². The highest BCUT2D eigenvalue weighted by atomic mass is 19.1. The van der Waals surface area contributed by atoms with Crippen LogP contribution >= 0.6 is 0 Å². The quantitative estimate of drug-likeness (QED) is 0.859. The van der Waals surface area contributed by atoms with E-state index in [0.717, 1.165) is 6.07 Å². The molecule has 1 atom stereocenters. The minimum atomic E-state index is -1.13. The van der Waals surface area contributed by atoms with Crippen molar-refractivity contribution in [2.45, 2.75) is 6.10 Å². The van der Waals surface area contributed by atoms with Crippen LogP contribution in [0.2, 0.25) is 0 Å². The molecule has 1 aromatic carbocycles. The van der Waals surface area contributed by atoms with Crippen molar-refractivity contribution < 1.29 is 14.2 Å². The van der Waals surface area contributed by atoms with Crippen molar-refractivity contribution in [3.05, 3.63) is 59.2 Å². The van der Waals surface area contributed by atoms with Crippen LogP contribution in [0.5, 0.6) is 5.75 Å². The van der Waals surface area contributed by atoms with Gasteiger partial charge in [-0.05, 0) is 17.7 Å². The van der Waals surface area contributed by atoms with E-state index >= 15 is 0 Å². The zero-order valence-corrected chi connectivity index (χ0v) is 10.0. The Morgan fingerprint density at radius 2 is 2.21 bits per heavy atom. The fourth-order valence-electron chi connectivity index (χ4n) is 1.64. The van der Waals surface area contributed by atoms with Crippen molar-refractivity contribution in [2.24, 2.45) is 0 Å². The molecule has 0 amide bonds. The van der Waals surface area contributed by atoms with E-state index in [9.17, 15) is 9.50 Å². The second kappa shape index (κ2) is 5.42.